The number of ether oxygens (including phenoxy) is 1. The van der Waals surface area contributed by atoms with Crippen molar-refractivity contribution in [1.82, 2.24) is 10.5 Å². The Kier molecular flexibility index (Phi) is 5.91. The summed E-state index contributed by atoms with van der Waals surface area (Å²) >= 11 is 0. The highest BCUT2D eigenvalue weighted by atomic mass is 19.4. The Balaban J connectivity index is 1.86. The van der Waals surface area contributed by atoms with E-state index in [1.807, 2.05) is 25.1 Å². The quantitative estimate of drug-likeness (QED) is 0.628. The lowest BCUT2D eigenvalue weighted by molar-refractivity contribution is -0.137. The van der Waals surface area contributed by atoms with Gasteiger partial charge in [-0.25, -0.2) is 0 Å². The van der Waals surface area contributed by atoms with Crippen LogP contribution in [0.3, 0.4) is 0 Å². The number of aryl methyl sites for hydroxylation is 1. The Morgan fingerprint density at radius 1 is 1.17 bits per heavy atom. The first kappa shape index (κ1) is 20.4. The molecule has 0 aliphatic heterocycles. The Morgan fingerprint density at radius 2 is 1.93 bits per heavy atom. The average molecular weight is 404 g/mol. The van der Waals surface area contributed by atoms with E-state index in [4.69, 9.17) is 9.26 Å². The first-order valence-electron chi connectivity index (χ1n) is 8.94. The van der Waals surface area contributed by atoms with E-state index in [1.165, 1.54) is 12.1 Å². The summed E-state index contributed by atoms with van der Waals surface area (Å²) in [6.07, 6.45) is -4.50. The van der Waals surface area contributed by atoms with Crippen molar-refractivity contribution in [3.8, 4) is 17.1 Å². The smallest absolute Gasteiger partial charge is 0.416 e. The van der Waals surface area contributed by atoms with E-state index in [0.29, 0.717) is 12.4 Å². The lowest BCUT2D eigenvalue weighted by atomic mass is 10.0. The number of rotatable bonds is 6. The van der Waals surface area contributed by atoms with Crippen LogP contribution in [-0.2, 0) is 12.7 Å². The third kappa shape index (κ3) is 4.59. The van der Waals surface area contributed by atoms with E-state index in [-0.39, 0.29) is 29.1 Å². The maximum Gasteiger partial charge on any atom is 0.416 e. The summed E-state index contributed by atoms with van der Waals surface area (Å²) < 4.78 is 49.8. The minimum atomic E-state index is -4.50. The van der Waals surface area contributed by atoms with E-state index in [1.54, 1.807) is 13.0 Å². The number of alkyl halides is 3. The second-order valence-corrected chi connectivity index (χ2v) is 6.27. The predicted molar refractivity (Wildman–Crippen MR) is 100 cm³/mol. The zero-order chi connectivity index (χ0) is 21.0. The van der Waals surface area contributed by atoms with Gasteiger partial charge in [-0.15, -0.1) is 0 Å². The SMILES string of the molecule is CCOc1ccccc1CNC(=O)c1c(C)noc1-c1cccc(C(F)(F)F)c1. The number of carbonyl (C=O) groups excluding carboxylic acids is 1. The average Bonchev–Trinajstić information content (AvgIpc) is 3.08. The fourth-order valence-electron chi connectivity index (χ4n) is 2.88. The molecule has 0 aliphatic rings. The van der Waals surface area contributed by atoms with Gasteiger partial charge in [-0.2, -0.15) is 13.2 Å². The third-order valence-corrected chi connectivity index (χ3v) is 4.25. The summed E-state index contributed by atoms with van der Waals surface area (Å²) in [6.45, 7) is 4.08. The van der Waals surface area contributed by atoms with Gasteiger partial charge in [0.1, 0.15) is 11.3 Å². The molecule has 3 aromatic rings. The molecule has 0 saturated heterocycles. The van der Waals surface area contributed by atoms with Crippen molar-refractivity contribution in [1.29, 1.82) is 0 Å². The van der Waals surface area contributed by atoms with E-state index < -0.39 is 17.6 Å². The number of benzene rings is 2. The van der Waals surface area contributed by atoms with Crippen LogP contribution in [0.25, 0.3) is 11.3 Å². The molecule has 0 unspecified atom stereocenters. The molecule has 5 nitrogen and oxygen atoms in total. The Labute approximate surface area is 165 Å². The molecule has 29 heavy (non-hydrogen) atoms. The molecule has 0 bridgehead atoms. The highest BCUT2D eigenvalue weighted by molar-refractivity contribution is 6.00. The van der Waals surface area contributed by atoms with Gasteiger partial charge in [-0.05, 0) is 32.0 Å². The Hall–Kier alpha value is -3.29. The lowest BCUT2D eigenvalue weighted by Gasteiger charge is -2.11. The van der Waals surface area contributed by atoms with Crippen LogP contribution in [-0.4, -0.2) is 17.7 Å². The highest BCUT2D eigenvalue weighted by Crippen LogP contribution is 2.33. The molecule has 1 amide bonds. The van der Waals surface area contributed by atoms with Crippen molar-refractivity contribution in [3.05, 3.63) is 70.9 Å². The number of nitrogens with one attached hydrogen (secondary N) is 1. The number of nitrogens with zero attached hydrogens (tertiary/aromatic N) is 1. The Morgan fingerprint density at radius 3 is 2.66 bits per heavy atom. The fourth-order valence-corrected chi connectivity index (χ4v) is 2.88. The zero-order valence-electron chi connectivity index (χ0n) is 15.8. The van der Waals surface area contributed by atoms with Crippen molar-refractivity contribution >= 4 is 5.91 Å². The molecule has 3 rings (SSSR count). The number of amides is 1. The van der Waals surface area contributed by atoms with Gasteiger partial charge in [0, 0.05) is 17.7 Å². The van der Waals surface area contributed by atoms with Crippen molar-refractivity contribution < 1.29 is 27.2 Å². The van der Waals surface area contributed by atoms with E-state index in [0.717, 1.165) is 17.7 Å². The molecule has 2 aromatic carbocycles. The van der Waals surface area contributed by atoms with Gasteiger partial charge in [-0.3, -0.25) is 4.79 Å². The second-order valence-electron chi connectivity index (χ2n) is 6.27. The van der Waals surface area contributed by atoms with Crippen molar-refractivity contribution in [2.75, 3.05) is 6.61 Å². The minimum Gasteiger partial charge on any atom is -0.494 e. The molecule has 8 heteroatoms. The molecule has 0 radical (unpaired) electrons. The normalized spacial score (nSPS) is 11.3. The molecule has 1 aromatic heterocycles. The van der Waals surface area contributed by atoms with Gasteiger partial charge >= 0.3 is 6.18 Å². The minimum absolute atomic E-state index is 0.0100. The molecule has 0 spiro atoms. The lowest BCUT2D eigenvalue weighted by Crippen LogP contribution is -2.24. The van der Waals surface area contributed by atoms with Gasteiger partial charge in [0.2, 0.25) is 0 Å². The number of para-hydroxylation sites is 1. The fraction of sp³-hybridized carbons (Fsp3) is 0.238. The molecule has 0 atom stereocenters. The monoisotopic (exact) mass is 404 g/mol. The van der Waals surface area contributed by atoms with Crippen LogP contribution in [0.5, 0.6) is 5.75 Å². The molecule has 0 saturated carbocycles. The molecule has 0 fully saturated rings. The first-order chi connectivity index (χ1) is 13.8. The summed E-state index contributed by atoms with van der Waals surface area (Å²) in [5, 5.41) is 6.52. The zero-order valence-corrected chi connectivity index (χ0v) is 15.8. The van der Waals surface area contributed by atoms with Crippen LogP contribution in [0.4, 0.5) is 13.2 Å². The van der Waals surface area contributed by atoms with Crippen molar-refractivity contribution in [2.24, 2.45) is 0 Å². The maximum atomic E-state index is 13.0. The summed E-state index contributed by atoms with van der Waals surface area (Å²) in [4.78, 5) is 12.8. The van der Waals surface area contributed by atoms with Gasteiger partial charge in [-0.1, -0.05) is 35.5 Å². The van der Waals surface area contributed by atoms with Gasteiger partial charge in [0.05, 0.1) is 17.9 Å². The molecule has 0 aliphatic carbocycles. The van der Waals surface area contributed by atoms with Crippen LogP contribution < -0.4 is 10.1 Å². The van der Waals surface area contributed by atoms with Crippen molar-refractivity contribution in [2.45, 2.75) is 26.6 Å². The van der Waals surface area contributed by atoms with Crippen LogP contribution in [0.1, 0.15) is 34.1 Å². The highest BCUT2D eigenvalue weighted by Gasteiger charge is 2.31. The maximum absolute atomic E-state index is 13.0. The molecule has 1 heterocycles. The van der Waals surface area contributed by atoms with Crippen LogP contribution >= 0.6 is 0 Å². The van der Waals surface area contributed by atoms with Crippen molar-refractivity contribution in [3.63, 3.8) is 0 Å². The topological polar surface area (TPSA) is 64.4 Å². The number of halogens is 3. The van der Waals surface area contributed by atoms with E-state index >= 15 is 0 Å². The molecular formula is C21H19F3N2O3. The summed E-state index contributed by atoms with van der Waals surface area (Å²) in [5.41, 5.74) is 0.449. The molecular weight excluding hydrogens is 385 g/mol. The third-order valence-electron chi connectivity index (χ3n) is 4.25. The van der Waals surface area contributed by atoms with E-state index in [9.17, 15) is 18.0 Å². The van der Waals surface area contributed by atoms with Crippen LogP contribution in [0, 0.1) is 6.92 Å². The molecule has 1 N–H and O–H groups in total. The second kappa shape index (κ2) is 8.38. The van der Waals surface area contributed by atoms with Gasteiger partial charge in [0.15, 0.2) is 5.76 Å². The van der Waals surface area contributed by atoms with Gasteiger partial charge < -0.3 is 14.6 Å². The first-order valence-corrected chi connectivity index (χ1v) is 8.94. The van der Waals surface area contributed by atoms with Crippen LogP contribution in [0.2, 0.25) is 0 Å². The van der Waals surface area contributed by atoms with Crippen LogP contribution in [0.15, 0.2) is 53.1 Å². The van der Waals surface area contributed by atoms with E-state index in [2.05, 4.69) is 10.5 Å². The molecule has 152 valence electrons. The summed E-state index contributed by atoms with van der Waals surface area (Å²) in [7, 11) is 0. The largest absolute Gasteiger partial charge is 0.494 e. The van der Waals surface area contributed by atoms with Gasteiger partial charge in [0.25, 0.3) is 5.91 Å². The number of hydrogen-bond acceptors (Lipinski definition) is 4. The summed E-state index contributed by atoms with van der Waals surface area (Å²) in [5.74, 6) is 0.141. The Bertz CT molecular complexity index is 1010. The summed E-state index contributed by atoms with van der Waals surface area (Å²) in [6, 6.07) is 11.8. The standard InChI is InChI=1S/C21H19F3N2O3/c1-3-28-17-10-5-4-7-15(17)12-25-20(27)18-13(2)26-29-19(18)14-8-6-9-16(11-14)21(22,23)24/h4-11H,3,12H2,1-2H3,(H,25,27). The number of carbonyl (C=O) groups is 1. The predicted octanol–water partition coefficient (Wildman–Crippen LogP) is 5.00. The number of hydrogen-bond donors (Lipinski definition) is 1. The number of aromatic nitrogens is 1.